The Balaban J connectivity index is 1.70. The van der Waals surface area contributed by atoms with Crippen LogP contribution in [0.3, 0.4) is 0 Å². The molecule has 0 bridgehead atoms. The summed E-state index contributed by atoms with van der Waals surface area (Å²) in [4.78, 5) is 20.4. The van der Waals surface area contributed by atoms with Gasteiger partial charge < -0.3 is 24.4 Å². The maximum Gasteiger partial charge on any atom is 0.322 e. The molecule has 1 aliphatic heterocycles. The third-order valence-electron chi connectivity index (χ3n) is 3.97. The van der Waals surface area contributed by atoms with Crippen LogP contribution in [0.2, 0.25) is 0 Å². The van der Waals surface area contributed by atoms with Gasteiger partial charge in [0, 0.05) is 26.3 Å². The highest BCUT2D eigenvalue weighted by molar-refractivity contribution is 5.89. The number of anilines is 2. The number of urea groups is 1. The van der Waals surface area contributed by atoms with Crippen LogP contribution in [-0.2, 0) is 0 Å². The van der Waals surface area contributed by atoms with Crippen LogP contribution >= 0.6 is 0 Å². The summed E-state index contributed by atoms with van der Waals surface area (Å²) in [6.07, 6.45) is 1.71. The standard InChI is InChI=1S/C16H21N5O3/c1-20(2)15-18-14(24-19-15)13-5-4-10-21(13)16(22)17-11-6-8-12(23-3)9-7-11/h6-9,13H,4-5,10H2,1-3H3,(H,17,22)/t13-/m0/s1. The minimum Gasteiger partial charge on any atom is -0.497 e. The second-order valence-electron chi connectivity index (χ2n) is 5.84. The van der Waals surface area contributed by atoms with Gasteiger partial charge >= 0.3 is 6.03 Å². The second kappa shape index (κ2) is 6.77. The van der Waals surface area contributed by atoms with E-state index in [2.05, 4.69) is 15.5 Å². The molecule has 24 heavy (non-hydrogen) atoms. The SMILES string of the molecule is COc1ccc(NC(=O)N2CCC[C@H]2c2nc(N(C)C)no2)cc1. The Kier molecular flexibility index (Phi) is 4.54. The number of hydrogen-bond donors (Lipinski definition) is 1. The van der Waals surface area contributed by atoms with Crippen molar-refractivity contribution in [1.29, 1.82) is 0 Å². The first-order chi connectivity index (χ1) is 11.6. The van der Waals surface area contributed by atoms with Gasteiger partial charge in [-0.1, -0.05) is 0 Å². The van der Waals surface area contributed by atoms with Gasteiger partial charge in [0.25, 0.3) is 11.8 Å². The van der Waals surface area contributed by atoms with Gasteiger partial charge in [0.1, 0.15) is 11.8 Å². The van der Waals surface area contributed by atoms with E-state index >= 15 is 0 Å². The number of likely N-dealkylation sites (tertiary alicyclic amines) is 1. The van der Waals surface area contributed by atoms with Gasteiger partial charge in [-0.25, -0.2) is 4.79 Å². The van der Waals surface area contributed by atoms with Gasteiger partial charge in [-0.3, -0.25) is 0 Å². The molecule has 0 spiro atoms. The number of ether oxygens (including phenoxy) is 1. The molecular formula is C16H21N5O3. The summed E-state index contributed by atoms with van der Waals surface area (Å²) in [5.74, 6) is 1.72. The van der Waals surface area contributed by atoms with Crippen molar-refractivity contribution in [2.45, 2.75) is 18.9 Å². The summed E-state index contributed by atoms with van der Waals surface area (Å²) in [5.41, 5.74) is 0.714. The molecule has 8 nitrogen and oxygen atoms in total. The predicted octanol–water partition coefficient (Wildman–Crippen LogP) is 2.51. The highest BCUT2D eigenvalue weighted by atomic mass is 16.5. The summed E-state index contributed by atoms with van der Waals surface area (Å²) >= 11 is 0. The largest absolute Gasteiger partial charge is 0.497 e. The Hall–Kier alpha value is -2.77. The minimum absolute atomic E-state index is 0.174. The van der Waals surface area contributed by atoms with Gasteiger partial charge in [0.2, 0.25) is 0 Å². The third-order valence-corrected chi connectivity index (χ3v) is 3.97. The molecule has 3 rings (SSSR count). The molecule has 1 atom stereocenters. The van der Waals surface area contributed by atoms with Crippen LogP contribution in [0, 0.1) is 0 Å². The van der Waals surface area contributed by atoms with Crippen molar-refractivity contribution in [3.05, 3.63) is 30.2 Å². The zero-order valence-corrected chi connectivity index (χ0v) is 14.0. The fourth-order valence-electron chi connectivity index (χ4n) is 2.68. The van der Waals surface area contributed by atoms with E-state index in [-0.39, 0.29) is 12.1 Å². The highest BCUT2D eigenvalue weighted by Gasteiger charge is 2.34. The maximum absolute atomic E-state index is 12.6. The lowest BCUT2D eigenvalue weighted by Gasteiger charge is -2.22. The van der Waals surface area contributed by atoms with E-state index in [1.807, 2.05) is 14.1 Å². The molecule has 128 valence electrons. The Morgan fingerprint density at radius 3 is 2.75 bits per heavy atom. The van der Waals surface area contributed by atoms with Crippen LogP contribution in [0.4, 0.5) is 16.4 Å². The van der Waals surface area contributed by atoms with Crippen LogP contribution in [0.1, 0.15) is 24.8 Å². The molecule has 1 saturated heterocycles. The number of methoxy groups -OCH3 is 1. The Labute approximate surface area is 140 Å². The number of rotatable bonds is 4. The second-order valence-corrected chi connectivity index (χ2v) is 5.84. The zero-order chi connectivity index (χ0) is 17.1. The van der Waals surface area contributed by atoms with Crippen molar-refractivity contribution in [1.82, 2.24) is 15.0 Å². The van der Waals surface area contributed by atoms with Crippen molar-refractivity contribution in [2.75, 3.05) is 38.0 Å². The Bertz CT molecular complexity index is 698. The van der Waals surface area contributed by atoms with Crippen LogP contribution in [0.15, 0.2) is 28.8 Å². The molecule has 0 unspecified atom stereocenters. The van der Waals surface area contributed by atoms with Gasteiger partial charge in [-0.05, 0) is 42.3 Å². The predicted molar refractivity (Wildman–Crippen MR) is 89.3 cm³/mol. The number of amides is 2. The molecular weight excluding hydrogens is 310 g/mol. The van der Waals surface area contributed by atoms with Crippen LogP contribution < -0.4 is 15.0 Å². The van der Waals surface area contributed by atoms with Gasteiger partial charge in [0.05, 0.1) is 7.11 Å². The molecule has 0 radical (unpaired) electrons. The lowest BCUT2D eigenvalue weighted by atomic mass is 10.2. The van der Waals surface area contributed by atoms with E-state index in [0.29, 0.717) is 24.1 Å². The van der Waals surface area contributed by atoms with Crippen molar-refractivity contribution < 1.29 is 14.1 Å². The van der Waals surface area contributed by atoms with E-state index in [9.17, 15) is 4.79 Å². The summed E-state index contributed by atoms with van der Waals surface area (Å²) in [5, 5.41) is 6.82. The van der Waals surface area contributed by atoms with Crippen LogP contribution in [-0.4, -0.2) is 48.8 Å². The van der Waals surface area contributed by atoms with Crippen molar-refractivity contribution in [3.63, 3.8) is 0 Å². The monoisotopic (exact) mass is 331 g/mol. The van der Waals surface area contributed by atoms with E-state index < -0.39 is 0 Å². The fraction of sp³-hybridized carbons (Fsp3) is 0.438. The molecule has 2 heterocycles. The Morgan fingerprint density at radius 1 is 1.38 bits per heavy atom. The molecule has 8 heteroatoms. The molecule has 2 aromatic rings. The van der Waals surface area contributed by atoms with Crippen LogP contribution in [0.25, 0.3) is 0 Å². The zero-order valence-electron chi connectivity index (χ0n) is 14.0. The highest BCUT2D eigenvalue weighted by Crippen LogP contribution is 2.32. The molecule has 1 aromatic carbocycles. The van der Waals surface area contributed by atoms with E-state index in [0.717, 1.165) is 18.6 Å². The summed E-state index contributed by atoms with van der Waals surface area (Å²) in [7, 11) is 5.30. The fourth-order valence-corrected chi connectivity index (χ4v) is 2.68. The number of nitrogens with one attached hydrogen (secondary N) is 1. The van der Waals surface area contributed by atoms with Crippen molar-refractivity contribution >= 4 is 17.7 Å². The maximum atomic E-state index is 12.6. The molecule has 1 aromatic heterocycles. The summed E-state index contributed by atoms with van der Waals surface area (Å²) in [6.45, 7) is 0.659. The van der Waals surface area contributed by atoms with Gasteiger partial charge in [-0.15, -0.1) is 0 Å². The van der Waals surface area contributed by atoms with Gasteiger partial charge in [-0.2, -0.15) is 4.98 Å². The molecule has 1 N–H and O–H groups in total. The number of benzene rings is 1. The van der Waals surface area contributed by atoms with Crippen LogP contribution in [0.5, 0.6) is 5.75 Å². The average Bonchev–Trinajstić information content (AvgIpc) is 3.24. The first-order valence-corrected chi connectivity index (χ1v) is 7.81. The first-order valence-electron chi connectivity index (χ1n) is 7.81. The molecule has 2 amide bonds. The summed E-state index contributed by atoms with van der Waals surface area (Å²) in [6, 6.07) is 6.85. The molecule has 0 aliphatic carbocycles. The lowest BCUT2D eigenvalue weighted by molar-refractivity contribution is 0.193. The third kappa shape index (κ3) is 3.27. The quantitative estimate of drug-likeness (QED) is 0.927. The lowest BCUT2D eigenvalue weighted by Crippen LogP contribution is -2.34. The first kappa shape index (κ1) is 16.1. The van der Waals surface area contributed by atoms with Crippen molar-refractivity contribution in [2.24, 2.45) is 0 Å². The summed E-state index contributed by atoms with van der Waals surface area (Å²) < 4.78 is 10.4. The number of carbonyl (C=O) groups is 1. The Morgan fingerprint density at radius 2 is 2.12 bits per heavy atom. The molecule has 1 aliphatic rings. The molecule has 1 fully saturated rings. The smallest absolute Gasteiger partial charge is 0.322 e. The number of hydrogen-bond acceptors (Lipinski definition) is 6. The minimum atomic E-state index is -0.190. The van der Waals surface area contributed by atoms with E-state index in [1.165, 1.54) is 0 Å². The van der Waals surface area contributed by atoms with Gasteiger partial charge in [0.15, 0.2) is 0 Å². The molecule has 0 saturated carbocycles. The van der Waals surface area contributed by atoms with E-state index in [1.54, 1.807) is 41.2 Å². The van der Waals surface area contributed by atoms with Crippen molar-refractivity contribution in [3.8, 4) is 5.75 Å². The topological polar surface area (TPSA) is 83.7 Å². The number of aromatic nitrogens is 2. The average molecular weight is 331 g/mol. The normalized spacial score (nSPS) is 17.0. The number of nitrogens with zero attached hydrogens (tertiary/aromatic N) is 4. The van der Waals surface area contributed by atoms with E-state index in [4.69, 9.17) is 9.26 Å². The number of carbonyl (C=O) groups excluding carboxylic acids is 1.